The Bertz CT molecular complexity index is 524. The Kier molecular flexibility index (Phi) is 3.72. The maximum absolute atomic E-state index is 13.1. The van der Waals surface area contributed by atoms with Gasteiger partial charge in [-0.05, 0) is 24.5 Å². The molecule has 1 aromatic heterocycles. The molecule has 1 atom stereocenters. The number of benzene rings is 1. The van der Waals surface area contributed by atoms with Crippen LogP contribution in [0.15, 0.2) is 28.8 Å². The summed E-state index contributed by atoms with van der Waals surface area (Å²) in [5.74, 6) is 0.876. The van der Waals surface area contributed by atoms with Gasteiger partial charge in [0, 0.05) is 5.56 Å². The highest BCUT2D eigenvalue weighted by atomic mass is 19.1. The van der Waals surface area contributed by atoms with Crippen LogP contribution in [-0.4, -0.2) is 10.1 Å². The standard InChI is InChI=1S/C13H16FN3O/c1-8(2)6-11(15)13-16-12(17-18-13)9-4-3-5-10(14)7-9/h3-5,7-8,11H,6,15H2,1-2H3. The third-order valence-electron chi connectivity index (χ3n) is 2.57. The van der Waals surface area contributed by atoms with E-state index in [0.717, 1.165) is 6.42 Å². The van der Waals surface area contributed by atoms with Gasteiger partial charge in [-0.1, -0.05) is 31.1 Å². The van der Waals surface area contributed by atoms with E-state index in [2.05, 4.69) is 24.0 Å². The lowest BCUT2D eigenvalue weighted by atomic mass is 10.0. The highest BCUT2D eigenvalue weighted by Gasteiger charge is 2.16. The number of nitrogens with zero attached hydrogens (tertiary/aromatic N) is 2. The van der Waals surface area contributed by atoms with Crippen molar-refractivity contribution in [2.75, 3.05) is 0 Å². The van der Waals surface area contributed by atoms with Crippen molar-refractivity contribution in [3.8, 4) is 11.4 Å². The van der Waals surface area contributed by atoms with Gasteiger partial charge in [-0.15, -0.1) is 0 Å². The summed E-state index contributed by atoms with van der Waals surface area (Å²) >= 11 is 0. The summed E-state index contributed by atoms with van der Waals surface area (Å²) in [6.07, 6.45) is 0.769. The summed E-state index contributed by atoms with van der Waals surface area (Å²) in [6.45, 7) is 4.15. The molecular weight excluding hydrogens is 233 g/mol. The minimum atomic E-state index is -0.328. The van der Waals surface area contributed by atoms with Gasteiger partial charge in [-0.3, -0.25) is 0 Å². The van der Waals surface area contributed by atoms with E-state index in [1.54, 1.807) is 12.1 Å². The molecular formula is C13H16FN3O. The molecule has 0 radical (unpaired) electrons. The van der Waals surface area contributed by atoms with Crippen LogP contribution in [0, 0.1) is 11.7 Å². The number of rotatable bonds is 4. The monoisotopic (exact) mass is 249 g/mol. The van der Waals surface area contributed by atoms with E-state index >= 15 is 0 Å². The Morgan fingerprint density at radius 2 is 2.17 bits per heavy atom. The molecule has 0 saturated carbocycles. The largest absolute Gasteiger partial charge is 0.337 e. The summed E-state index contributed by atoms with van der Waals surface area (Å²) in [4.78, 5) is 4.21. The Morgan fingerprint density at radius 3 is 2.83 bits per heavy atom. The fourth-order valence-electron chi connectivity index (χ4n) is 1.74. The quantitative estimate of drug-likeness (QED) is 0.904. The Labute approximate surface area is 105 Å². The van der Waals surface area contributed by atoms with Gasteiger partial charge in [0.2, 0.25) is 11.7 Å². The number of hydrogen-bond acceptors (Lipinski definition) is 4. The topological polar surface area (TPSA) is 64.9 Å². The van der Waals surface area contributed by atoms with Crippen LogP contribution >= 0.6 is 0 Å². The summed E-state index contributed by atoms with van der Waals surface area (Å²) in [5, 5.41) is 3.82. The normalized spacial score (nSPS) is 12.9. The highest BCUT2D eigenvalue weighted by Crippen LogP contribution is 2.21. The summed E-state index contributed by atoms with van der Waals surface area (Å²) in [7, 11) is 0. The van der Waals surface area contributed by atoms with Crippen molar-refractivity contribution in [3.05, 3.63) is 36.0 Å². The van der Waals surface area contributed by atoms with Crippen LogP contribution in [0.25, 0.3) is 11.4 Å². The summed E-state index contributed by atoms with van der Waals surface area (Å²) in [5.41, 5.74) is 6.53. The molecule has 0 fully saturated rings. The fourth-order valence-corrected chi connectivity index (χ4v) is 1.74. The number of halogens is 1. The maximum Gasteiger partial charge on any atom is 0.243 e. The van der Waals surface area contributed by atoms with Crippen LogP contribution < -0.4 is 5.73 Å². The molecule has 0 amide bonds. The maximum atomic E-state index is 13.1. The first-order valence-electron chi connectivity index (χ1n) is 5.91. The summed E-state index contributed by atoms with van der Waals surface area (Å²) < 4.78 is 18.2. The van der Waals surface area contributed by atoms with Crippen molar-refractivity contribution in [2.24, 2.45) is 11.7 Å². The Hall–Kier alpha value is -1.75. The summed E-state index contributed by atoms with van der Waals surface area (Å²) in [6, 6.07) is 5.79. The molecule has 2 N–H and O–H groups in total. The molecule has 1 heterocycles. The third-order valence-corrected chi connectivity index (χ3v) is 2.57. The van der Waals surface area contributed by atoms with Crippen molar-refractivity contribution >= 4 is 0 Å². The van der Waals surface area contributed by atoms with Crippen molar-refractivity contribution in [3.63, 3.8) is 0 Å². The van der Waals surface area contributed by atoms with E-state index in [0.29, 0.717) is 23.2 Å². The highest BCUT2D eigenvalue weighted by molar-refractivity contribution is 5.53. The molecule has 1 aromatic carbocycles. The van der Waals surface area contributed by atoms with Crippen molar-refractivity contribution in [2.45, 2.75) is 26.3 Å². The zero-order valence-corrected chi connectivity index (χ0v) is 10.4. The van der Waals surface area contributed by atoms with Crippen molar-refractivity contribution < 1.29 is 8.91 Å². The lowest BCUT2D eigenvalue weighted by molar-refractivity contribution is 0.335. The van der Waals surface area contributed by atoms with Gasteiger partial charge in [0.1, 0.15) is 5.82 Å². The predicted octanol–water partition coefficient (Wildman–Crippen LogP) is 2.92. The van der Waals surface area contributed by atoms with Crippen LogP contribution in [0.3, 0.4) is 0 Å². The van der Waals surface area contributed by atoms with E-state index in [1.165, 1.54) is 12.1 Å². The number of aromatic nitrogens is 2. The van der Waals surface area contributed by atoms with Crippen LogP contribution in [0.4, 0.5) is 4.39 Å². The Morgan fingerprint density at radius 1 is 1.39 bits per heavy atom. The van der Waals surface area contributed by atoms with Crippen LogP contribution in [0.1, 0.15) is 32.2 Å². The molecule has 1 unspecified atom stereocenters. The minimum Gasteiger partial charge on any atom is -0.337 e. The second-order valence-electron chi connectivity index (χ2n) is 4.70. The van der Waals surface area contributed by atoms with Crippen molar-refractivity contribution in [1.29, 1.82) is 0 Å². The molecule has 2 aromatic rings. The van der Waals surface area contributed by atoms with E-state index in [4.69, 9.17) is 10.3 Å². The predicted molar refractivity (Wildman–Crippen MR) is 66.1 cm³/mol. The van der Waals surface area contributed by atoms with Crippen LogP contribution in [0.2, 0.25) is 0 Å². The molecule has 0 saturated heterocycles. The molecule has 0 spiro atoms. The average Bonchev–Trinajstić information content (AvgIpc) is 2.77. The number of hydrogen-bond donors (Lipinski definition) is 1. The molecule has 0 aliphatic rings. The van der Waals surface area contributed by atoms with Gasteiger partial charge in [-0.2, -0.15) is 4.98 Å². The van der Waals surface area contributed by atoms with Gasteiger partial charge >= 0.3 is 0 Å². The van der Waals surface area contributed by atoms with Gasteiger partial charge in [0.05, 0.1) is 6.04 Å². The van der Waals surface area contributed by atoms with Gasteiger partial charge in [0.15, 0.2) is 0 Å². The van der Waals surface area contributed by atoms with E-state index in [9.17, 15) is 4.39 Å². The molecule has 2 rings (SSSR count). The molecule has 0 bridgehead atoms. The van der Waals surface area contributed by atoms with Gasteiger partial charge < -0.3 is 10.3 Å². The first-order chi connectivity index (χ1) is 8.56. The molecule has 5 heteroatoms. The van der Waals surface area contributed by atoms with E-state index < -0.39 is 0 Å². The van der Waals surface area contributed by atoms with Gasteiger partial charge in [0.25, 0.3) is 0 Å². The van der Waals surface area contributed by atoms with Gasteiger partial charge in [-0.25, -0.2) is 4.39 Å². The molecule has 0 aliphatic carbocycles. The Balaban J connectivity index is 2.20. The van der Waals surface area contributed by atoms with Crippen LogP contribution in [0.5, 0.6) is 0 Å². The first-order valence-corrected chi connectivity index (χ1v) is 5.91. The molecule has 4 nitrogen and oxygen atoms in total. The zero-order valence-electron chi connectivity index (χ0n) is 10.4. The third kappa shape index (κ3) is 2.92. The molecule has 0 aliphatic heterocycles. The van der Waals surface area contributed by atoms with E-state index in [1.807, 2.05) is 0 Å². The smallest absolute Gasteiger partial charge is 0.243 e. The molecule has 18 heavy (non-hydrogen) atoms. The zero-order chi connectivity index (χ0) is 13.1. The van der Waals surface area contributed by atoms with Crippen LogP contribution in [-0.2, 0) is 0 Å². The van der Waals surface area contributed by atoms with Crippen molar-refractivity contribution in [1.82, 2.24) is 10.1 Å². The van der Waals surface area contributed by atoms with E-state index in [-0.39, 0.29) is 11.9 Å². The minimum absolute atomic E-state index is 0.278. The SMILES string of the molecule is CC(C)CC(N)c1nc(-c2cccc(F)c2)no1. The fraction of sp³-hybridized carbons (Fsp3) is 0.385. The number of nitrogens with two attached hydrogens (primary N) is 1. The average molecular weight is 249 g/mol. The lowest BCUT2D eigenvalue weighted by Gasteiger charge is -2.08. The lowest BCUT2D eigenvalue weighted by Crippen LogP contribution is -2.13. The second-order valence-corrected chi connectivity index (χ2v) is 4.70. The first kappa shape index (κ1) is 12.7. The molecule has 96 valence electrons. The second kappa shape index (κ2) is 5.27.